The zero-order valence-corrected chi connectivity index (χ0v) is 8.01. The predicted octanol–water partition coefficient (Wildman–Crippen LogP) is 1.63. The van der Waals surface area contributed by atoms with Crippen LogP contribution in [0.3, 0.4) is 0 Å². The van der Waals surface area contributed by atoms with E-state index in [4.69, 9.17) is 0 Å². The Morgan fingerprint density at radius 2 is 2.21 bits per heavy atom. The number of nitrogens with zero attached hydrogens (tertiary/aromatic N) is 1. The van der Waals surface area contributed by atoms with E-state index in [0.717, 1.165) is 5.06 Å². The summed E-state index contributed by atoms with van der Waals surface area (Å²) in [6.45, 7) is 0. The molecule has 2 atom stereocenters. The van der Waals surface area contributed by atoms with Crippen molar-refractivity contribution in [2.45, 2.75) is 6.42 Å². The Labute approximate surface area is 83.0 Å². The molecule has 0 radical (unpaired) electrons. The SMILES string of the molecule is CN([O-])C1=CC=CC2C(=O)CC=CC12. The average molecular weight is 190 g/mol. The Kier molecular flexibility index (Phi) is 2.25. The summed E-state index contributed by atoms with van der Waals surface area (Å²) in [6, 6.07) is 0. The first-order chi connectivity index (χ1) is 6.70. The molecule has 0 aromatic heterocycles. The van der Waals surface area contributed by atoms with Gasteiger partial charge >= 0.3 is 0 Å². The number of hydroxylamine groups is 2. The number of hydrogen-bond donors (Lipinski definition) is 0. The van der Waals surface area contributed by atoms with Crippen LogP contribution in [0.2, 0.25) is 0 Å². The maximum absolute atomic E-state index is 11.5. The summed E-state index contributed by atoms with van der Waals surface area (Å²) in [5.74, 6) is 0.0151. The summed E-state index contributed by atoms with van der Waals surface area (Å²) >= 11 is 0. The average Bonchev–Trinajstić information content (AvgIpc) is 2.17. The van der Waals surface area contributed by atoms with E-state index in [2.05, 4.69) is 0 Å². The molecule has 0 N–H and O–H groups in total. The number of hydrogen-bond acceptors (Lipinski definition) is 3. The fraction of sp³-hybridized carbons (Fsp3) is 0.364. The van der Waals surface area contributed by atoms with Crippen molar-refractivity contribution in [3.05, 3.63) is 41.3 Å². The van der Waals surface area contributed by atoms with Crippen LogP contribution in [0.5, 0.6) is 0 Å². The summed E-state index contributed by atoms with van der Waals surface area (Å²) < 4.78 is 0. The molecule has 2 aliphatic carbocycles. The molecule has 0 fully saturated rings. The van der Waals surface area contributed by atoms with Gasteiger partial charge < -0.3 is 10.3 Å². The molecule has 0 bridgehead atoms. The van der Waals surface area contributed by atoms with Gasteiger partial charge in [-0.15, -0.1) is 0 Å². The Hall–Kier alpha value is -1.35. The fourth-order valence-electron chi connectivity index (χ4n) is 2.00. The van der Waals surface area contributed by atoms with Gasteiger partial charge in [-0.1, -0.05) is 24.3 Å². The third kappa shape index (κ3) is 1.40. The second kappa shape index (κ2) is 3.42. The Morgan fingerprint density at radius 3 is 2.93 bits per heavy atom. The number of ketones is 1. The molecule has 0 aromatic rings. The molecule has 74 valence electrons. The third-order valence-corrected chi connectivity index (χ3v) is 2.71. The third-order valence-electron chi connectivity index (χ3n) is 2.71. The molecule has 3 heteroatoms. The van der Waals surface area contributed by atoms with Crippen molar-refractivity contribution in [2.75, 3.05) is 7.05 Å². The molecule has 0 amide bonds. The Morgan fingerprint density at radius 1 is 1.43 bits per heavy atom. The van der Waals surface area contributed by atoms with E-state index < -0.39 is 0 Å². The van der Waals surface area contributed by atoms with Gasteiger partial charge in [0.1, 0.15) is 5.78 Å². The summed E-state index contributed by atoms with van der Waals surface area (Å²) in [5, 5.41) is 12.1. The highest BCUT2D eigenvalue weighted by atomic mass is 16.5. The highest BCUT2D eigenvalue weighted by molar-refractivity contribution is 5.86. The van der Waals surface area contributed by atoms with E-state index in [1.807, 2.05) is 18.2 Å². The van der Waals surface area contributed by atoms with Gasteiger partial charge in [0.2, 0.25) is 0 Å². The molecule has 0 spiro atoms. The Bertz CT molecular complexity index is 339. The number of allylic oxidation sites excluding steroid dienone is 5. The van der Waals surface area contributed by atoms with Gasteiger partial charge in [-0.25, -0.2) is 0 Å². The molecule has 0 saturated heterocycles. The zero-order valence-electron chi connectivity index (χ0n) is 8.01. The molecule has 3 nitrogen and oxygen atoms in total. The standard InChI is InChI=1S/C11H12NO2/c1-12(14)10-6-2-5-9-8(10)4-3-7-11(9)13/h2-6,8-9H,7H2,1H3/q-1. The number of Topliss-reactive ketones (excluding diaryl/α,β-unsaturated/α-hetero) is 1. The van der Waals surface area contributed by atoms with E-state index in [0.29, 0.717) is 12.1 Å². The Balaban J connectivity index is 2.34. The van der Waals surface area contributed by atoms with E-state index in [1.165, 1.54) is 7.05 Å². The van der Waals surface area contributed by atoms with Crippen molar-refractivity contribution in [3.63, 3.8) is 0 Å². The van der Waals surface area contributed by atoms with Crippen molar-refractivity contribution in [3.8, 4) is 0 Å². The van der Waals surface area contributed by atoms with Crippen LogP contribution in [0, 0.1) is 17.0 Å². The largest absolute Gasteiger partial charge is 0.759 e. The summed E-state index contributed by atoms with van der Waals surface area (Å²) in [7, 11) is 1.47. The molecule has 2 rings (SSSR count). The second-order valence-corrected chi connectivity index (χ2v) is 3.62. The van der Waals surface area contributed by atoms with Crippen LogP contribution in [0.15, 0.2) is 36.1 Å². The van der Waals surface area contributed by atoms with Crippen molar-refractivity contribution in [1.29, 1.82) is 0 Å². The fourth-order valence-corrected chi connectivity index (χ4v) is 2.00. The second-order valence-electron chi connectivity index (χ2n) is 3.62. The van der Waals surface area contributed by atoms with Crippen LogP contribution < -0.4 is 0 Å². The van der Waals surface area contributed by atoms with Gasteiger partial charge in [-0.3, -0.25) is 4.79 Å². The van der Waals surface area contributed by atoms with E-state index in [9.17, 15) is 10.0 Å². The van der Waals surface area contributed by atoms with Gasteiger partial charge in [-0.2, -0.15) is 0 Å². The quantitative estimate of drug-likeness (QED) is 0.466. The minimum atomic E-state index is -0.128. The van der Waals surface area contributed by atoms with Crippen LogP contribution in [-0.4, -0.2) is 17.9 Å². The smallest absolute Gasteiger partial charge is 0.144 e. The highest BCUT2D eigenvalue weighted by Gasteiger charge is 2.30. The molecule has 0 aromatic carbocycles. The van der Waals surface area contributed by atoms with Crippen LogP contribution in [0.1, 0.15) is 6.42 Å². The van der Waals surface area contributed by atoms with Gasteiger partial charge in [0.05, 0.1) is 0 Å². The lowest BCUT2D eigenvalue weighted by Crippen LogP contribution is -2.31. The molecule has 0 heterocycles. The molecule has 0 aliphatic heterocycles. The zero-order chi connectivity index (χ0) is 10.1. The summed E-state index contributed by atoms with van der Waals surface area (Å²) in [4.78, 5) is 11.5. The lowest BCUT2D eigenvalue weighted by atomic mass is 9.78. The highest BCUT2D eigenvalue weighted by Crippen LogP contribution is 2.33. The minimum Gasteiger partial charge on any atom is -0.759 e. The normalized spacial score (nSPS) is 29.9. The number of carbonyl (C=O) groups excluding carboxylic acids is 1. The van der Waals surface area contributed by atoms with Crippen LogP contribution in [-0.2, 0) is 4.79 Å². The van der Waals surface area contributed by atoms with Gasteiger partial charge in [0.15, 0.2) is 0 Å². The summed E-state index contributed by atoms with van der Waals surface area (Å²) in [6.07, 6.45) is 9.74. The molecule has 2 unspecified atom stereocenters. The molecule has 14 heavy (non-hydrogen) atoms. The number of rotatable bonds is 1. The predicted molar refractivity (Wildman–Crippen MR) is 54.1 cm³/mol. The van der Waals surface area contributed by atoms with Crippen LogP contribution >= 0.6 is 0 Å². The van der Waals surface area contributed by atoms with Crippen LogP contribution in [0.4, 0.5) is 0 Å². The lowest BCUT2D eigenvalue weighted by Gasteiger charge is -2.37. The number of fused-ring (bicyclic) bond motifs is 1. The maximum atomic E-state index is 11.5. The monoisotopic (exact) mass is 190 g/mol. The topological polar surface area (TPSA) is 43.4 Å². The molecular formula is C11H12NO2-. The van der Waals surface area contributed by atoms with E-state index in [-0.39, 0.29) is 17.6 Å². The first-order valence-electron chi connectivity index (χ1n) is 4.69. The minimum absolute atomic E-state index is 0.0521. The van der Waals surface area contributed by atoms with Crippen molar-refractivity contribution in [1.82, 2.24) is 5.06 Å². The van der Waals surface area contributed by atoms with Gasteiger partial charge in [0.25, 0.3) is 0 Å². The molecule has 2 aliphatic rings. The van der Waals surface area contributed by atoms with E-state index in [1.54, 1.807) is 12.2 Å². The van der Waals surface area contributed by atoms with Crippen molar-refractivity contribution in [2.24, 2.45) is 11.8 Å². The van der Waals surface area contributed by atoms with E-state index >= 15 is 0 Å². The van der Waals surface area contributed by atoms with Crippen molar-refractivity contribution < 1.29 is 4.79 Å². The molecular weight excluding hydrogens is 178 g/mol. The maximum Gasteiger partial charge on any atom is 0.144 e. The summed E-state index contributed by atoms with van der Waals surface area (Å²) in [5.41, 5.74) is 0.668. The van der Waals surface area contributed by atoms with Crippen molar-refractivity contribution >= 4 is 5.78 Å². The number of carbonyl (C=O) groups is 1. The van der Waals surface area contributed by atoms with Gasteiger partial charge in [-0.05, 0) is 13.1 Å². The first-order valence-corrected chi connectivity index (χ1v) is 4.69. The van der Waals surface area contributed by atoms with Crippen LogP contribution in [0.25, 0.3) is 0 Å². The van der Waals surface area contributed by atoms with Gasteiger partial charge in [0, 0.05) is 24.0 Å². The molecule has 0 saturated carbocycles. The first kappa shape index (κ1) is 9.21. The lowest BCUT2D eigenvalue weighted by molar-refractivity contribution is -0.121.